The van der Waals surface area contributed by atoms with Gasteiger partial charge in [0.1, 0.15) is 28.7 Å². The van der Waals surface area contributed by atoms with Gasteiger partial charge in [-0.25, -0.2) is 15.0 Å². The molecule has 0 radical (unpaired) electrons. The Morgan fingerprint density at radius 1 is 0.627 bits per heavy atom. The molecule has 0 spiro atoms. The Morgan fingerprint density at radius 3 is 1.65 bits per heavy atom. The van der Waals surface area contributed by atoms with Gasteiger partial charge in [-0.05, 0) is 48.5 Å². The third-order valence-corrected chi connectivity index (χ3v) is 7.07. The summed E-state index contributed by atoms with van der Waals surface area (Å²) in [4.78, 5) is 35.6. The summed E-state index contributed by atoms with van der Waals surface area (Å²) < 4.78 is 19.8. The highest BCUT2D eigenvalue weighted by Gasteiger charge is 2.11. The van der Waals surface area contributed by atoms with Crippen LogP contribution in [0, 0.1) is 10.1 Å². The summed E-state index contributed by atoms with van der Waals surface area (Å²) in [5, 5.41) is 10.8. The summed E-state index contributed by atoms with van der Waals surface area (Å²) in [6, 6.07) is 20.0. The average molecular weight is 743 g/mol. The molecule has 0 aliphatic carbocycles. The van der Waals surface area contributed by atoms with Crippen molar-refractivity contribution >= 4 is 73.8 Å². The summed E-state index contributed by atoms with van der Waals surface area (Å²) in [7, 11) is 6.18. The number of methoxy groups -OCH3 is 4. The Balaban J connectivity index is 0.000000236. The summed E-state index contributed by atoms with van der Waals surface area (Å²) in [6.45, 7) is 0. The van der Waals surface area contributed by atoms with E-state index in [0.29, 0.717) is 50.7 Å². The maximum Gasteiger partial charge on any atom is 0.295 e. The van der Waals surface area contributed by atoms with Crippen LogP contribution in [0.25, 0.3) is 22.1 Å². The van der Waals surface area contributed by atoms with Crippen molar-refractivity contribution in [3.05, 3.63) is 104 Å². The van der Waals surface area contributed by atoms with E-state index in [1.165, 1.54) is 19.2 Å². The number of benzene rings is 4. The molecular formula is C33H37Cl2N9O7. The number of nitrogens with one attached hydrogen (secondary N) is 1. The van der Waals surface area contributed by atoms with E-state index in [2.05, 4.69) is 19.9 Å². The number of fused-ring (bicyclic) bond motifs is 2. The minimum atomic E-state index is -0.544. The number of ether oxygens (including phenoxy) is 4. The first-order chi connectivity index (χ1) is 23.8. The summed E-state index contributed by atoms with van der Waals surface area (Å²) >= 11 is 11.5. The molecule has 6 rings (SSSR count). The SMILES string of the molecule is C.COc1ccc(N)c(N)c1.COc1ccc(N)c([N+](=O)[O-])c1.COc1ccc2nc(Cl)c(Cl)nc2c1.COc1ccc2nc(N)c(=O)[nH]c2c1. The zero-order chi connectivity index (χ0) is 37.0. The minimum absolute atomic E-state index is 0. The number of rotatable bonds is 5. The third kappa shape index (κ3) is 11.4. The van der Waals surface area contributed by atoms with Crippen LogP contribution in [0.2, 0.25) is 10.3 Å². The van der Waals surface area contributed by atoms with Gasteiger partial charge in [-0.3, -0.25) is 14.9 Å². The number of H-pyrrole nitrogens is 1. The van der Waals surface area contributed by atoms with Crippen molar-refractivity contribution in [3.8, 4) is 23.0 Å². The molecule has 2 heterocycles. The number of aromatic nitrogens is 4. The van der Waals surface area contributed by atoms with Gasteiger partial charge in [-0.2, -0.15) is 0 Å². The van der Waals surface area contributed by atoms with E-state index < -0.39 is 4.92 Å². The van der Waals surface area contributed by atoms with Crippen LogP contribution >= 0.6 is 23.2 Å². The number of nitro groups is 1. The maximum absolute atomic E-state index is 11.1. The fraction of sp³-hybridized carbons (Fsp3) is 0.152. The molecule has 2 aromatic heterocycles. The first kappa shape index (κ1) is 40.9. The van der Waals surface area contributed by atoms with Gasteiger partial charge in [-0.15, -0.1) is 0 Å². The molecule has 9 N–H and O–H groups in total. The molecule has 16 nitrogen and oxygen atoms in total. The van der Waals surface area contributed by atoms with Gasteiger partial charge < -0.3 is 46.9 Å². The third-order valence-electron chi connectivity index (χ3n) is 6.44. The molecule has 270 valence electrons. The number of anilines is 4. The zero-order valence-electron chi connectivity index (χ0n) is 27.1. The van der Waals surface area contributed by atoms with E-state index in [-0.39, 0.29) is 40.5 Å². The second-order valence-electron chi connectivity index (χ2n) is 9.67. The predicted molar refractivity (Wildman–Crippen MR) is 202 cm³/mol. The van der Waals surface area contributed by atoms with E-state index >= 15 is 0 Å². The van der Waals surface area contributed by atoms with Crippen molar-refractivity contribution in [3.63, 3.8) is 0 Å². The Kier molecular flexibility index (Phi) is 15.3. The van der Waals surface area contributed by atoms with Gasteiger partial charge >= 0.3 is 0 Å². The maximum atomic E-state index is 11.1. The summed E-state index contributed by atoms with van der Waals surface area (Å²) in [5.41, 5.74) is 25.1. The van der Waals surface area contributed by atoms with Crippen LogP contribution in [0.4, 0.5) is 28.6 Å². The Bertz CT molecular complexity index is 2170. The fourth-order valence-corrected chi connectivity index (χ4v) is 4.08. The number of hydrogen-bond donors (Lipinski definition) is 5. The number of nitrogens with zero attached hydrogens (tertiary/aromatic N) is 4. The molecule has 0 fully saturated rings. The lowest BCUT2D eigenvalue weighted by atomic mass is 10.2. The number of nitrogens with two attached hydrogens (primary N) is 4. The minimum Gasteiger partial charge on any atom is -0.497 e. The van der Waals surface area contributed by atoms with Crippen LogP contribution in [0.3, 0.4) is 0 Å². The molecule has 0 saturated carbocycles. The van der Waals surface area contributed by atoms with Crippen LogP contribution in [0.1, 0.15) is 7.43 Å². The normalized spacial score (nSPS) is 9.76. The van der Waals surface area contributed by atoms with Crippen LogP contribution in [-0.4, -0.2) is 53.3 Å². The second-order valence-corrected chi connectivity index (χ2v) is 10.4. The van der Waals surface area contributed by atoms with E-state index in [1.54, 1.807) is 82.0 Å². The molecule has 0 amide bonds. The quantitative estimate of drug-likeness (QED) is 0.0755. The predicted octanol–water partition coefficient (Wildman–Crippen LogP) is 6.14. The van der Waals surface area contributed by atoms with Gasteiger partial charge in [-0.1, -0.05) is 30.6 Å². The molecule has 0 aliphatic rings. The van der Waals surface area contributed by atoms with Crippen molar-refractivity contribution < 1.29 is 23.9 Å². The molecule has 6 aromatic rings. The van der Waals surface area contributed by atoms with Crippen molar-refractivity contribution in [1.82, 2.24) is 19.9 Å². The Hall–Kier alpha value is -6.26. The van der Waals surface area contributed by atoms with Crippen LogP contribution in [-0.2, 0) is 0 Å². The lowest BCUT2D eigenvalue weighted by Gasteiger charge is -2.02. The first-order valence-electron chi connectivity index (χ1n) is 14.1. The lowest BCUT2D eigenvalue weighted by molar-refractivity contribution is -0.384. The van der Waals surface area contributed by atoms with Gasteiger partial charge in [0.2, 0.25) is 0 Å². The molecule has 0 aliphatic heterocycles. The van der Waals surface area contributed by atoms with Gasteiger partial charge in [0, 0.05) is 18.2 Å². The van der Waals surface area contributed by atoms with Crippen molar-refractivity contribution in [1.29, 1.82) is 0 Å². The zero-order valence-corrected chi connectivity index (χ0v) is 28.7. The second kappa shape index (κ2) is 19.1. The summed E-state index contributed by atoms with van der Waals surface area (Å²) in [6.07, 6.45) is 0. The molecule has 0 unspecified atom stereocenters. The van der Waals surface area contributed by atoms with Gasteiger partial charge in [0.05, 0.1) is 72.9 Å². The monoisotopic (exact) mass is 741 g/mol. The van der Waals surface area contributed by atoms with E-state index in [0.717, 1.165) is 5.75 Å². The molecule has 0 bridgehead atoms. The Labute approximate surface area is 302 Å². The van der Waals surface area contributed by atoms with E-state index in [9.17, 15) is 14.9 Å². The lowest BCUT2D eigenvalue weighted by Crippen LogP contribution is -2.13. The van der Waals surface area contributed by atoms with Crippen molar-refractivity contribution in [2.45, 2.75) is 7.43 Å². The topological polar surface area (TPSA) is 256 Å². The number of nitrogen functional groups attached to an aromatic ring is 4. The van der Waals surface area contributed by atoms with Crippen molar-refractivity contribution in [2.75, 3.05) is 51.4 Å². The average Bonchev–Trinajstić information content (AvgIpc) is 3.11. The van der Waals surface area contributed by atoms with Gasteiger partial charge in [0.15, 0.2) is 16.1 Å². The fourth-order valence-electron chi connectivity index (χ4n) is 3.81. The van der Waals surface area contributed by atoms with Crippen LogP contribution in [0.5, 0.6) is 23.0 Å². The molecule has 0 atom stereocenters. The molecule has 51 heavy (non-hydrogen) atoms. The first-order valence-corrected chi connectivity index (χ1v) is 14.8. The van der Waals surface area contributed by atoms with E-state index in [1.807, 2.05) is 0 Å². The standard InChI is InChI=1S/C9H6Cl2N2O.C9H9N3O2.C7H8N2O3.C7H10N2O.CH4/c1-14-5-2-3-6-7(4-5)13-9(11)8(10)12-6;1-14-5-2-3-6-7(4-5)12-9(13)8(10)11-6;1-12-5-2-3-6(8)7(4-5)9(10)11;1-10-5-2-3-6(8)7(9)4-5;/h2-4H,1H3;2-4H,1H3,(H2,10,11)(H,12,13);2-4H,8H2,1H3;2-4H,8-9H2,1H3;1H4. The summed E-state index contributed by atoms with van der Waals surface area (Å²) in [5.74, 6) is 2.51. The largest absolute Gasteiger partial charge is 0.497 e. The number of nitro benzene ring substituents is 1. The van der Waals surface area contributed by atoms with Crippen molar-refractivity contribution in [2.24, 2.45) is 0 Å². The molecule has 0 saturated heterocycles. The number of halogens is 2. The molecule has 18 heteroatoms. The highest BCUT2D eigenvalue weighted by Crippen LogP contribution is 2.26. The smallest absolute Gasteiger partial charge is 0.295 e. The number of hydrogen-bond acceptors (Lipinski definition) is 14. The van der Waals surface area contributed by atoms with Crippen LogP contribution in [0.15, 0.2) is 77.6 Å². The molecular weight excluding hydrogens is 705 g/mol. The highest BCUT2D eigenvalue weighted by molar-refractivity contribution is 6.40. The van der Waals surface area contributed by atoms with E-state index in [4.69, 9.17) is 65.1 Å². The van der Waals surface area contributed by atoms with Gasteiger partial charge in [0.25, 0.3) is 11.2 Å². The number of aromatic amines is 1. The molecule has 4 aromatic carbocycles. The van der Waals surface area contributed by atoms with Crippen LogP contribution < -0.4 is 47.4 Å². The highest BCUT2D eigenvalue weighted by atomic mass is 35.5. The Morgan fingerprint density at radius 2 is 1.10 bits per heavy atom.